The lowest BCUT2D eigenvalue weighted by Crippen LogP contribution is -2.51. The Hall–Kier alpha value is -5.71. The second-order valence-corrected chi connectivity index (χ2v) is 16.3. The second kappa shape index (κ2) is 16.4. The predicted octanol–water partition coefficient (Wildman–Crippen LogP) is 6.17. The molecule has 2 fully saturated rings. The Bertz CT molecular complexity index is 2250. The standard InChI is InChI=1S/C40H50N10O6S/c1-21(2)31(46-39(53)55-6)36(51)49-16-8-10-28(49)33-41-19-26(43-33)23-12-14-24(15-13-23)30-18-25-38(48(30)5)57-35(45-25)27-20-42-34(44-27)29-11-9-17-50(29)37(52)32(22(3)4)47-40(54)56-7/h12-15,18-22,28-29,31-32H,8-11,16-17H2,1-7H3,(H,41,43)(H,42,44)(H,46,53)(H,47,54)/t28-,29?,31-,32-/m0/s1. The SMILES string of the molecule is COC(=O)N[C@H](C(=O)N1CCCC1c1ncc(-c2nc3cc(-c4ccc(-c5cnc([C@@H]6CCCN6C(=O)[C@@H](NC(=O)OC)C(C)C)[nH]5)cc4)n(C)c3s2)[nH]1)C(C)C. The lowest BCUT2D eigenvalue weighted by molar-refractivity contribution is -0.136. The van der Waals surface area contributed by atoms with Crippen LogP contribution in [0, 0.1) is 11.8 Å². The Morgan fingerprint density at radius 2 is 1.26 bits per heavy atom. The average molecular weight is 799 g/mol. The summed E-state index contributed by atoms with van der Waals surface area (Å²) in [6, 6.07) is 8.50. The van der Waals surface area contributed by atoms with Crippen molar-refractivity contribution in [2.45, 2.75) is 77.5 Å². The molecule has 2 aliphatic heterocycles. The number of imidazole rings is 2. The minimum absolute atomic E-state index is 0.109. The fraction of sp³-hybridized carbons (Fsp3) is 0.475. The number of H-pyrrole nitrogens is 2. The molecule has 5 aromatic rings. The zero-order chi connectivity index (χ0) is 40.5. The summed E-state index contributed by atoms with van der Waals surface area (Å²) in [6.45, 7) is 8.77. The Labute approximate surface area is 334 Å². The van der Waals surface area contributed by atoms with Gasteiger partial charge < -0.3 is 44.4 Å². The number of rotatable bonds is 11. The van der Waals surface area contributed by atoms with E-state index in [4.69, 9.17) is 14.5 Å². The van der Waals surface area contributed by atoms with E-state index in [2.05, 4.69) is 65.5 Å². The van der Waals surface area contributed by atoms with E-state index in [0.29, 0.717) is 18.9 Å². The molecular weight excluding hydrogens is 749 g/mol. The van der Waals surface area contributed by atoms with Crippen LogP contribution in [0.25, 0.3) is 43.6 Å². The number of ether oxygens (including phenoxy) is 2. The number of carbonyl (C=O) groups is 4. The van der Waals surface area contributed by atoms with E-state index >= 15 is 0 Å². The summed E-state index contributed by atoms with van der Waals surface area (Å²) in [5.74, 6) is 0.898. The van der Waals surface area contributed by atoms with Gasteiger partial charge in [-0.2, -0.15) is 0 Å². The van der Waals surface area contributed by atoms with Crippen LogP contribution in [0.1, 0.15) is 77.1 Å². The third-order valence-electron chi connectivity index (χ3n) is 11.0. The van der Waals surface area contributed by atoms with Crippen molar-refractivity contribution in [3.63, 3.8) is 0 Å². The van der Waals surface area contributed by atoms with Gasteiger partial charge in [0.1, 0.15) is 39.1 Å². The minimum atomic E-state index is -0.699. The van der Waals surface area contributed by atoms with Gasteiger partial charge in [-0.25, -0.2) is 24.5 Å². The number of hydrogen-bond donors (Lipinski definition) is 4. The smallest absolute Gasteiger partial charge is 0.407 e. The molecule has 2 aliphatic rings. The number of aromatic nitrogens is 6. The number of likely N-dealkylation sites (tertiary alicyclic amines) is 2. The number of aromatic amines is 2. The van der Waals surface area contributed by atoms with E-state index in [0.717, 1.165) is 75.1 Å². The number of aryl methyl sites for hydroxylation is 1. The number of carbonyl (C=O) groups excluding carboxylic acids is 4. The average Bonchev–Trinajstić information content (AvgIpc) is 4.05. The Morgan fingerprint density at radius 3 is 1.75 bits per heavy atom. The molecule has 4 N–H and O–H groups in total. The molecule has 0 saturated carbocycles. The molecule has 7 rings (SSSR count). The Balaban J connectivity index is 1.04. The van der Waals surface area contributed by atoms with Gasteiger partial charge in [-0.05, 0) is 54.7 Å². The van der Waals surface area contributed by atoms with Gasteiger partial charge in [0.25, 0.3) is 0 Å². The van der Waals surface area contributed by atoms with Crippen LogP contribution in [0.4, 0.5) is 9.59 Å². The van der Waals surface area contributed by atoms with Crippen LogP contribution < -0.4 is 10.6 Å². The van der Waals surface area contributed by atoms with Crippen LogP contribution in [0.5, 0.6) is 0 Å². The van der Waals surface area contributed by atoms with Crippen LogP contribution in [0.15, 0.2) is 42.7 Å². The summed E-state index contributed by atoms with van der Waals surface area (Å²) in [5.41, 5.74) is 5.53. The molecule has 2 saturated heterocycles. The monoisotopic (exact) mass is 798 g/mol. The molecule has 1 aromatic carbocycles. The lowest BCUT2D eigenvalue weighted by Gasteiger charge is -2.30. The third kappa shape index (κ3) is 7.84. The van der Waals surface area contributed by atoms with E-state index in [1.54, 1.807) is 33.5 Å². The van der Waals surface area contributed by atoms with Crippen LogP contribution in [0.2, 0.25) is 0 Å². The second-order valence-electron chi connectivity index (χ2n) is 15.3. The van der Waals surface area contributed by atoms with Gasteiger partial charge in [-0.15, -0.1) is 0 Å². The Kier molecular flexibility index (Phi) is 11.4. The zero-order valence-corrected chi connectivity index (χ0v) is 34.1. The first-order valence-electron chi connectivity index (χ1n) is 19.4. The molecule has 302 valence electrons. The minimum Gasteiger partial charge on any atom is -0.453 e. The molecule has 0 spiro atoms. The largest absolute Gasteiger partial charge is 0.453 e. The van der Waals surface area contributed by atoms with Crippen molar-refractivity contribution in [1.82, 2.24) is 49.9 Å². The quantitative estimate of drug-likeness (QED) is 0.121. The summed E-state index contributed by atoms with van der Waals surface area (Å²) in [5, 5.41) is 6.19. The topological polar surface area (TPSA) is 192 Å². The van der Waals surface area contributed by atoms with Gasteiger partial charge in [-0.1, -0.05) is 63.3 Å². The molecule has 1 unspecified atom stereocenters. The van der Waals surface area contributed by atoms with Crippen molar-refractivity contribution in [1.29, 1.82) is 0 Å². The number of fused-ring (bicyclic) bond motifs is 1. The molecule has 57 heavy (non-hydrogen) atoms. The Morgan fingerprint density at radius 1 is 0.772 bits per heavy atom. The van der Waals surface area contributed by atoms with Gasteiger partial charge in [0.15, 0.2) is 0 Å². The maximum atomic E-state index is 13.6. The molecule has 0 bridgehead atoms. The fourth-order valence-electron chi connectivity index (χ4n) is 7.86. The van der Waals surface area contributed by atoms with E-state index in [1.165, 1.54) is 14.2 Å². The maximum Gasteiger partial charge on any atom is 0.407 e. The van der Waals surface area contributed by atoms with Gasteiger partial charge >= 0.3 is 12.2 Å². The van der Waals surface area contributed by atoms with Crippen molar-refractivity contribution in [2.24, 2.45) is 18.9 Å². The molecule has 17 heteroatoms. The molecular formula is C40H50N10O6S. The van der Waals surface area contributed by atoms with Crippen LogP contribution >= 0.6 is 11.3 Å². The highest BCUT2D eigenvalue weighted by Gasteiger charge is 2.39. The highest BCUT2D eigenvalue weighted by molar-refractivity contribution is 7.21. The molecule has 0 aliphatic carbocycles. The fourth-order valence-corrected chi connectivity index (χ4v) is 8.84. The molecule has 4 aromatic heterocycles. The van der Waals surface area contributed by atoms with E-state index in [-0.39, 0.29) is 35.7 Å². The first-order valence-corrected chi connectivity index (χ1v) is 20.2. The number of methoxy groups -OCH3 is 2. The first kappa shape index (κ1) is 39.5. The molecule has 4 amide bonds. The van der Waals surface area contributed by atoms with E-state index in [1.807, 2.05) is 34.7 Å². The number of amides is 4. The highest BCUT2D eigenvalue weighted by Crippen LogP contribution is 2.38. The van der Waals surface area contributed by atoms with Crippen molar-refractivity contribution >= 4 is 45.7 Å². The van der Waals surface area contributed by atoms with Crippen LogP contribution in [0.3, 0.4) is 0 Å². The molecule has 6 heterocycles. The zero-order valence-electron chi connectivity index (χ0n) is 33.3. The van der Waals surface area contributed by atoms with Crippen LogP contribution in [-0.2, 0) is 26.1 Å². The number of benzene rings is 1. The number of nitrogens with zero attached hydrogens (tertiary/aromatic N) is 6. The van der Waals surface area contributed by atoms with E-state index < -0.39 is 24.3 Å². The third-order valence-corrected chi connectivity index (χ3v) is 12.2. The van der Waals surface area contributed by atoms with Crippen molar-refractivity contribution in [3.05, 3.63) is 54.4 Å². The van der Waals surface area contributed by atoms with Crippen molar-refractivity contribution < 1.29 is 28.7 Å². The number of hydrogen-bond acceptors (Lipinski definition) is 10. The summed E-state index contributed by atoms with van der Waals surface area (Å²) >= 11 is 1.57. The summed E-state index contributed by atoms with van der Waals surface area (Å²) in [7, 11) is 4.61. The van der Waals surface area contributed by atoms with E-state index in [9.17, 15) is 19.2 Å². The van der Waals surface area contributed by atoms with Gasteiger partial charge in [0.05, 0.1) is 55.8 Å². The van der Waals surface area contributed by atoms with Crippen molar-refractivity contribution in [2.75, 3.05) is 27.3 Å². The summed E-state index contributed by atoms with van der Waals surface area (Å²) < 4.78 is 11.7. The highest BCUT2D eigenvalue weighted by atomic mass is 32.1. The number of thiazole rings is 1. The summed E-state index contributed by atoms with van der Waals surface area (Å²) in [6.07, 6.45) is 5.54. The van der Waals surface area contributed by atoms with Gasteiger partial charge in [0.2, 0.25) is 11.8 Å². The lowest BCUT2D eigenvalue weighted by atomic mass is 10.0. The molecule has 0 radical (unpaired) electrons. The van der Waals surface area contributed by atoms with Crippen LogP contribution in [-0.4, -0.2) is 103 Å². The van der Waals surface area contributed by atoms with Gasteiger partial charge in [-0.3, -0.25) is 9.59 Å². The predicted molar refractivity (Wildman–Crippen MR) is 215 cm³/mol. The molecule has 16 nitrogen and oxygen atoms in total. The summed E-state index contributed by atoms with van der Waals surface area (Å²) in [4.78, 5) is 76.9. The first-order chi connectivity index (χ1) is 27.4. The van der Waals surface area contributed by atoms with Crippen molar-refractivity contribution in [3.8, 4) is 33.2 Å². The number of alkyl carbamates (subject to hydrolysis) is 2. The van der Waals surface area contributed by atoms with Gasteiger partial charge in [0, 0.05) is 20.1 Å². The molecule has 4 atom stereocenters. The maximum absolute atomic E-state index is 13.6. The normalized spacial score (nSPS) is 18.1. The number of nitrogens with one attached hydrogen (secondary N) is 4.